The number of nitrogens with one attached hydrogen (secondary N) is 1. The lowest BCUT2D eigenvalue weighted by Crippen LogP contribution is -2.54. The van der Waals surface area contributed by atoms with Gasteiger partial charge in [0.05, 0.1) is 23.4 Å². The highest BCUT2D eigenvalue weighted by Crippen LogP contribution is 2.46. The van der Waals surface area contributed by atoms with Crippen LogP contribution < -0.4 is 5.32 Å². The van der Waals surface area contributed by atoms with Crippen LogP contribution in [0.5, 0.6) is 0 Å². The van der Waals surface area contributed by atoms with Crippen molar-refractivity contribution in [1.82, 2.24) is 15.2 Å². The summed E-state index contributed by atoms with van der Waals surface area (Å²) in [6.45, 7) is 9.67. The minimum absolute atomic E-state index is 0.0368. The monoisotopic (exact) mass is 459 g/mol. The molecule has 2 aliphatic heterocycles. The molecular formula is C24H33N3O2S2. The Morgan fingerprint density at radius 2 is 2.23 bits per heavy atom. The van der Waals surface area contributed by atoms with Crippen molar-refractivity contribution in [2.75, 3.05) is 19.7 Å². The molecule has 2 aromatic rings. The Labute approximate surface area is 193 Å². The molecule has 0 bridgehead atoms. The summed E-state index contributed by atoms with van der Waals surface area (Å²) >= 11 is 3.47. The number of nitrogens with zero attached hydrogens (tertiary/aromatic N) is 2. The number of likely N-dealkylation sites (tertiary alicyclic amines) is 1. The van der Waals surface area contributed by atoms with E-state index in [9.17, 15) is 4.79 Å². The molecule has 1 saturated heterocycles. The molecule has 31 heavy (non-hydrogen) atoms. The maximum atomic E-state index is 12.3. The zero-order valence-electron chi connectivity index (χ0n) is 18.8. The van der Waals surface area contributed by atoms with Crippen molar-refractivity contribution in [3.63, 3.8) is 0 Å². The zero-order valence-corrected chi connectivity index (χ0v) is 20.4. The molecule has 168 valence electrons. The van der Waals surface area contributed by atoms with Crippen LogP contribution in [-0.4, -0.2) is 47.6 Å². The molecule has 2 fully saturated rings. The molecule has 1 amide bonds. The number of hydrogen-bond donors (Lipinski definition) is 1. The Balaban J connectivity index is 1.14. The minimum atomic E-state index is -0.0591. The van der Waals surface area contributed by atoms with Crippen LogP contribution in [0.2, 0.25) is 0 Å². The summed E-state index contributed by atoms with van der Waals surface area (Å²) < 4.78 is 6.49. The number of thiazole rings is 1. The summed E-state index contributed by atoms with van der Waals surface area (Å²) in [6.07, 6.45) is 8.26. The van der Waals surface area contributed by atoms with E-state index in [0.717, 1.165) is 68.1 Å². The third-order valence-electron chi connectivity index (χ3n) is 7.37. The number of carbonyl (C=O) groups is 1. The second kappa shape index (κ2) is 8.58. The van der Waals surface area contributed by atoms with Gasteiger partial charge in [-0.2, -0.15) is 0 Å². The highest BCUT2D eigenvalue weighted by molar-refractivity contribution is 7.13. The number of carbonyl (C=O) groups excluding carboxylic acids is 1. The lowest BCUT2D eigenvalue weighted by molar-refractivity contribution is -0.114. The fourth-order valence-electron chi connectivity index (χ4n) is 5.60. The third-order valence-corrected chi connectivity index (χ3v) is 9.62. The van der Waals surface area contributed by atoms with Crippen molar-refractivity contribution in [3.8, 4) is 0 Å². The van der Waals surface area contributed by atoms with Gasteiger partial charge < -0.3 is 15.0 Å². The molecular weight excluding hydrogens is 426 g/mol. The Morgan fingerprint density at radius 1 is 1.39 bits per heavy atom. The first-order valence-corrected chi connectivity index (χ1v) is 13.3. The average Bonchev–Trinajstić information content (AvgIpc) is 3.35. The van der Waals surface area contributed by atoms with E-state index in [1.165, 1.54) is 21.8 Å². The van der Waals surface area contributed by atoms with Crippen molar-refractivity contribution in [3.05, 3.63) is 37.5 Å². The summed E-state index contributed by atoms with van der Waals surface area (Å²) in [5.41, 5.74) is 1.44. The van der Waals surface area contributed by atoms with Crippen LogP contribution in [0.15, 0.2) is 12.3 Å². The molecule has 1 spiro atoms. The molecule has 1 N–H and O–H groups in total. The summed E-state index contributed by atoms with van der Waals surface area (Å²) in [6, 6.07) is 3.28. The van der Waals surface area contributed by atoms with E-state index in [0.29, 0.717) is 18.0 Å². The maximum Gasteiger partial charge on any atom is 0.263 e. The minimum Gasteiger partial charge on any atom is -0.370 e. The second-order valence-corrected chi connectivity index (χ2v) is 12.0. The van der Waals surface area contributed by atoms with Gasteiger partial charge in [0.2, 0.25) is 0 Å². The van der Waals surface area contributed by atoms with E-state index in [4.69, 9.17) is 4.74 Å². The van der Waals surface area contributed by atoms with E-state index in [1.807, 2.05) is 18.3 Å². The highest BCUT2D eigenvalue weighted by atomic mass is 32.1. The van der Waals surface area contributed by atoms with Gasteiger partial charge in [0.15, 0.2) is 0 Å². The van der Waals surface area contributed by atoms with Gasteiger partial charge in [0, 0.05) is 41.3 Å². The molecule has 2 aromatic heterocycles. The van der Waals surface area contributed by atoms with Crippen LogP contribution in [0.25, 0.3) is 0 Å². The van der Waals surface area contributed by atoms with E-state index in [-0.39, 0.29) is 11.5 Å². The van der Waals surface area contributed by atoms with Gasteiger partial charge in [-0.25, -0.2) is 4.98 Å². The van der Waals surface area contributed by atoms with Gasteiger partial charge in [-0.1, -0.05) is 6.92 Å². The fourth-order valence-corrected chi connectivity index (χ4v) is 7.46. The van der Waals surface area contributed by atoms with Crippen molar-refractivity contribution in [1.29, 1.82) is 0 Å². The third kappa shape index (κ3) is 4.22. The average molecular weight is 460 g/mol. The zero-order chi connectivity index (χ0) is 21.6. The lowest BCUT2D eigenvalue weighted by atomic mass is 9.76. The van der Waals surface area contributed by atoms with Gasteiger partial charge in [0.25, 0.3) is 5.91 Å². The molecule has 3 aliphatic rings. The summed E-state index contributed by atoms with van der Waals surface area (Å²) in [7, 11) is 0. The Morgan fingerprint density at radius 3 is 2.94 bits per heavy atom. The highest BCUT2D eigenvalue weighted by Gasteiger charge is 2.45. The number of rotatable bonds is 5. The van der Waals surface area contributed by atoms with Crippen molar-refractivity contribution < 1.29 is 9.53 Å². The smallest absolute Gasteiger partial charge is 0.263 e. The molecule has 7 heteroatoms. The fraction of sp³-hybridized carbons (Fsp3) is 0.667. The maximum absolute atomic E-state index is 12.3. The van der Waals surface area contributed by atoms with Gasteiger partial charge in [-0.15, -0.1) is 22.7 Å². The molecule has 5 nitrogen and oxygen atoms in total. The molecule has 0 aromatic carbocycles. The van der Waals surface area contributed by atoms with E-state index >= 15 is 0 Å². The molecule has 0 radical (unpaired) electrons. The number of hydrogen-bond acceptors (Lipinski definition) is 6. The summed E-state index contributed by atoms with van der Waals surface area (Å²) in [5.74, 6) is 0.718. The predicted molar refractivity (Wildman–Crippen MR) is 126 cm³/mol. The normalized spacial score (nSPS) is 30.7. The summed E-state index contributed by atoms with van der Waals surface area (Å²) in [4.78, 5) is 23.0. The number of fused-ring (bicyclic) bond motifs is 2. The standard InChI is InChI=1S/C24H33N3O2S2/c1-4-19-11-20-21(31-19)5-8-29-24(20)6-7-27(15(2)12-24)14-17-9-18(10-17)26-23(28)22-13-25-16(3)30-22/h11,13,15,17-18H,4-10,12,14H2,1-3H3,(H,26,28)/t15-,17?,18?,24+/m0/s1. The van der Waals surface area contributed by atoms with Crippen LogP contribution in [0.4, 0.5) is 0 Å². The number of aryl methyl sites for hydroxylation is 2. The van der Waals surface area contributed by atoms with Crippen molar-refractivity contribution >= 4 is 28.6 Å². The van der Waals surface area contributed by atoms with Gasteiger partial charge in [-0.3, -0.25) is 4.79 Å². The SMILES string of the molecule is CCc1cc2c(s1)CCO[C@@]21CCN(CC2CC(NC(=O)c3cnc(C)s3)C2)[C@@H](C)C1. The first kappa shape index (κ1) is 21.6. The first-order chi connectivity index (χ1) is 15.0. The number of thiophene rings is 1. The first-order valence-electron chi connectivity index (χ1n) is 11.7. The van der Waals surface area contributed by atoms with Crippen molar-refractivity contribution in [2.45, 2.75) is 77.0 Å². The number of piperidine rings is 1. The Bertz CT molecular complexity index is 949. The number of amides is 1. The largest absolute Gasteiger partial charge is 0.370 e. The van der Waals surface area contributed by atoms with Gasteiger partial charge in [0.1, 0.15) is 4.88 Å². The molecule has 4 heterocycles. The van der Waals surface area contributed by atoms with Crippen LogP contribution in [0.3, 0.4) is 0 Å². The quantitative estimate of drug-likeness (QED) is 0.713. The van der Waals surface area contributed by atoms with Crippen LogP contribution in [0.1, 0.15) is 69.5 Å². The number of aromatic nitrogens is 1. The predicted octanol–water partition coefficient (Wildman–Crippen LogP) is 4.54. The lowest BCUT2D eigenvalue weighted by Gasteiger charge is -2.49. The van der Waals surface area contributed by atoms with Crippen molar-refractivity contribution in [2.24, 2.45) is 5.92 Å². The molecule has 2 atom stereocenters. The van der Waals surface area contributed by atoms with Gasteiger partial charge >= 0.3 is 0 Å². The molecule has 5 rings (SSSR count). The van der Waals surface area contributed by atoms with Crippen LogP contribution in [-0.2, 0) is 23.2 Å². The van der Waals surface area contributed by atoms with Gasteiger partial charge in [-0.05, 0) is 63.5 Å². The summed E-state index contributed by atoms with van der Waals surface area (Å²) in [5, 5.41) is 4.12. The topological polar surface area (TPSA) is 54.5 Å². The van der Waals surface area contributed by atoms with E-state index < -0.39 is 0 Å². The molecule has 1 saturated carbocycles. The van der Waals surface area contributed by atoms with E-state index in [1.54, 1.807) is 11.1 Å². The molecule has 1 aliphatic carbocycles. The second-order valence-electron chi connectivity index (χ2n) is 9.55. The Kier molecular flexibility index (Phi) is 5.97. The van der Waals surface area contributed by atoms with Crippen LogP contribution in [0, 0.1) is 12.8 Å². The van der Waals surface area contributed by atoms with E-state index in [2.05, 4.69) is 35.1 Å². The Hall–Kier alpha value is -1.28. The molecule has 0 unspecified atom stereocenters. The number of ether oxygens (including phenoxy) is 1. The van der Waals surface area contributed by atoms with Crippen LogP contribution >= 0.6 is 22.7 Å².